The first kappa shape index (κ1) is 20.5. The lowest BCUT2D eigenvalue weighted by molar-refractivity contribution is 0.198. The van der Waals surface area contributed by atoms with Crippen LogP contribution in [0.4, 0.5) is 20.7 Å². The smallest absolute Gasteiger partial charge is 0.319 e. The molecule has 0 atom stereocenters. The third kappa shape index (κ3) is 4.60. The normalized spacial score (nSPS) is 10.8. The summed E-state index contributed by atoms with van der Waals surface area (Å²) in [7, 11) is 3.34. The van der Waals surface area contributed by atoms with Crippen molar-refractivity contribution in [3.63, 3.8) is 0 Å². The van der Waals surface area contributed by atoms with Gasteiger partial charge in [0.1, 0.15) is 11.6 Å². The van der Waals surface area contributed by atoms with Gasteiger partial charge in [0, 0.05) is 49.6 Å². The van der Waals surface area contributed by atoms with Gasteiger partial charge in [-0.2, -0.15) is 0 Å². The highest BCUT2D eigenvalue weighted by molar-refractivity contribution is 5.92. The fourth-order valence-corrected chi connectivity index (χ4v) is 3.07. The minimum Gasteiger partial charge on any atom is -0.383 e. The zero-order chi connectivity index (χ0) is 21.0. The Morgan fingerprint density at radius 2 is 1.97 bits per heavy atom. The van der Waals surface area contributed by atoms with E-state index in [0.717, 1.165) is 39.1 Å². The van der Waals surface area contributed by atoms with Gasteiger partial charge in [-0.3, -0.25) is 4.98 Å². The van der Waals surface area contributed by atoms with Gasteiger partial charge in [-0.15, -0.1) is 0 Å². The fourth-order valence-electron chi connectivity index (χ4n) is 3.07. The molecule has 0 aliphatic carbocycles. The number of fused-ring (bicyclic) bond motifs is 1. The Balaban J connectivity index is 1.97. The molecule has 0 aliphatic heterocycles. The highest BCUT2D eigenvalue weighted by Gasteiger charge is 2.14. The molecule has 0 unspecified atom stereocenters. The number of hydrogen-bond donors (Lipinski definition) is 3. The number of aromatic nitrogens is 2. The number of hydrogen-bond acceptors (Lipinski definition) is 5. The summed E-state index contributed by atoms with van der Waals surface area (Å²) in [6.07, 6.45) is 1.75. The van der Waals surface area contributed by atoms with E-state index in [1.54, 1.807) is 26.4 Å². The van der Waals surface area contributed by atoms with Crippen molar-refractivity contribution < 1.29 is 13.9 Å². The first-order valence-corrected chi connectivity index (χ1v) is 9.22. The lowest BCUT2D eigenvalue weighted by Crippen LogP contribution is -2.31. The molecule has 29 heavy (non-hydrogen) atoms. The van der Waals surface area contributed by atoms with Crippen molar-refractivity contribution in [1.82, 2.24) is 15.3 Å². The number of halogens is 1. The largest absolute Gasteiger partial charge is 0.383 e. The maximum Gasteiger partial charge on any atom is 0.319 e. The highest BCUT2D eigenvalue weighted by Crippen LogP contribution is 2.32. The number of pyridine rings is 2. The Kier molecular flexibility index (Phi) is 6.23. The molecule has 2 heterocycles. The number of anilines is 2. The van der Waals surface area contributed by atoms with E-state index in [2.05, 4.69) is 25.9 Å². The number of methoxy groups -OCH3 is 1. The second-order valence-electron chi connectivity index (χ2n) is 6.65. The highest BCUT2D eigenvalue weighted by atomic mass is 19.1. The SMILES string of the molecule is CNc1cc2nc(C)c(-c3cc(NC(=O)NCCOC)c(F)cc3C)cc2cn1. The third-order valence-electron chi connectivity index (χ3n) is 4.59. The Hall–Kier alpha value is -3.26. The summed E-state index contributed by atoms with van der Waals surface area (Å²) in [5.41, 5.74) is 4.12. The number of urea groups is 1. The Bertz CT molecular complexity index is 1050. The van der Waals surface area contributed by atoms with Crippen LogP contribution in [0.15, 0.2) is 30.5 Å². The van der Waals surface area contributed by atoms with Gasteiger partial charge >= 0.3 is 6.03 Å². The summed E-state index contributed by atoms with van der Waals surface area (Å²) in [5, 5.41) is 9.04. The molecule has 0 saturated heterocycles. The van der Waals surface area contributed by atoms with E-state index in [4.69, 9.17) is 4.74 Å². The number of aryl methyl sites for hydroxylation is 2. The molecule has 0 radical (unpaired) electrons. The molecular weight excluding hydrogens is 373 g/mol. The first-order valence-electron chi connectivity index (χ1n) is 9.22. The first-order chi connectivity index (χ1) is 13.9. The van der Waals surface area contributed by atoms with Gasteiger partial charge in [-0.25, -0.2) is 14.2 Å². The number of nitrogens with zero attached hydrogens (tertiary/aromatic N) is 2. The van der Waals surface area contributed by atoms with Crippen molar-refractivity contribution in [3.05, 3.63) is 47.5 Å². The molecule has 152 valence electrons. The summed E-state index contributed by atoms with van der Waals surface area (Å²) in [6.45, 7) is 4.44. The fraction of sp³-hybridized carbons (Fsp3) is 0.286. The Morgan fingerprint density at radius 3 is 2.69 bits per heavy atom. The quantitative estimate of drug-likeness (QED) is 0.550. The van der Waals surface area contributed by atoms with Crippen molar-refractivity contribution in [2.24, 2.45) is 0 Å². The van der Waals surface area contributed by atoms with Crippen LogP contribution in [-0.2, 0) is 4.74 Å². The van der Waals surface area contributed by atoms with E-state index in [9.17, 15) is 9.18 Å². The molecule has 2 aromatic heterocycles. The summed E-state index contributed by atoms with van der Waals surface area (Å²) >= 11 is 0. The molecule has 7 nitrogen and oxygen atoms in total. The number of nitrogens with one attached hydrogen (secondary N) is 3. The van der Waals surface area contributed by atoms with Crippen LogP contribution in [0, 0.1) is 19.7 Å². The van der Waals surface area contributed by atoms with Crippen molar-refractivity contribution in [2.45, 2.75) is 13.8 Å². The van der Waals surface area contributed by atoms with Crippen LogP contribution in [0.2, 0.25) is 0 Å². The van der Waals surface area contributed by atoms with E-state index in [-0.39, 0.29) is 5.69 Å². The molecule has 0 aliphatic rings. The van der Waals surface area contributed by atoms with Crippen molar-refractivity contribution in [1.29, 1.82) is 0 Å². The van der Waals surface area contributed by atoms with Gasteiger partial charge in [0.25, 0.3) is 0 Å². The predicted molar refractivity (Wildman–Crippen MR) is 113 cm³/mol. The van der Waals surface area contributed by atoms with Gasteiger partial charge in [0.2, 0.25) is 0 Å². The Labute approximate surface area is 168 Å². The minimum atomic E-state index is -0.500. The zero-order valence-electron chi connectivity index (χ0n) is 16.9. The summed E-state index contributed by atoms with van der Waals surface area (Å²) in [5.74, 6) is 0.237. The summed E-state index contributed by atoms with van der Waals surface area (Å²) in [4.78, 5) is 21.0. The molecular formula is C21H24FN5O2. The number of ether oxygens (including phenoxy) is 1. The number of carbonyl (C=O) groups is 1. The molecule has 3 rings (SSSR count). The monoisotopic (exact) mass is 397 g/mol. The van der Waals surface area contributed by atoms with Crippen molar-refractivity contribution >= 4 is 28.4 Å². The van der Waals surface area contributed by atoms with Crippen molar-refractivity contribution in [3.8, 4) is 11.1 Å². The molecule has 3 N–H and O–H groups in total. The lowest BCUT2D eigenvalue weighted by atomic mass is 9.97. The van der Waals surface area contributed by atoms with Crippen molar-refractivity contribution in [2.75, 3.05) is 37.9 Å². The van der Waals surface area contributed by atoms with Crippen LogP contribution >= 0.6 is 0 Å². The maximum absolute atomic E-state index is 14.4. The lowest BCUT2D eigenvalue weighted by Gasteiger charge is -2.14. The van der Waals surface area contributed by atoms with E-state index in [1.165, 1.54) is 6.07 Å². The summed E-state index contributed by atoms with van der Waals surface area (Å²) < 4.78 is 19.3. The van der Waals surface area contributed by atoms with Gasteiger partial charge < -0.3 is 20.7 Å². The number of rotatable bonds is 6. The zero-order valence-corrected chi connectivity index (χ0v) is 16.9. The van der Waals surface area contributed by atoms with E-state index in [0.29, 0.717) is 13.2 Å². The van der Waals surface area contributed by atoms with E-state index in [1.807, 2.05) is 26.0 Å². The van der Waals surface area contributed by atoms with Crippen LogP contribution in [-0.4, -0.2) is 43.3 Å². The van der Waals surface area contributed by atoms with Gasteiger partial charge in [0.05, 0.1) is 17.8 Å². The molecule has 3 aromatic rings. The number of benzene rings is 1. The third-order valence-corrected chi connectivity index (χ3v) is 4.59. The predicted octanol–water partition coefficient (Wildman–Crippen LogP) is 3.86. The van der Waals surface area contributed by atoms with Gasteiger partial charge in [-0.1, -0.05) is 0 Å². The molecule has 0 bridgehead atoms. The molecule has 2 amide bonds. The second-order valence-corrected chi connectivity index (χ2v) is 6.65. The topological polar surface area (TPSA) is 88.2 Å². The van der Waals surface area contributed by atoms with Crippen LogP contribution in [0.5, 0.6) is 0 Å². The van der Waals surface area contributed by atoms with E-state index < -0.39 is 11.8 Å². The van der Waals surface area contributed by atoms with Crippen LogP contribution in [0.25, 0.3) is 22.0 Å². The number of carbonyl (C=O) groups excluding carboxylic acids is 1. The average Bonchev–Trinajstić information content (AvgIpc) is 2.69. The Morgan fingerprint density at radius 1 is 1.17 bits per heavy atom. The second kappa shape index (κ2) is 8.83. The summed E-state index contributed by atoms with van der Waals surface area (Å²) in [6, 6.07) is 6.40. The van der Waals surface area contributed by atoms with Crippen LogP contribution in [0.1, 0.15) is 11.3 Å². The molecule has 1 aromatic carbocycles. The maximum atomic E-state index is 14.4. The molecule has 0 fully saturated rings. The number of amides is 2. The molecule has 8 heteroatoms. The molecule has 0 spiro atoms. The van der Waals surface area contributed by atoms with E-state index >= 15 is 0 Å². The van der Waals surface area contributed by atoms with Gasteiger partial charge in [0.15, 0.2) is 0 Å². The van der Waals surface area contributed by atoms with Crippen LogP contribution < -0.4 is 16.0 Å². The van der Waals surface area contributed by atoms with Crippen LogP contribution in [0.3, 0.4) is 0 Å². The van der Waals surface area contributed by atoms with Gasteiger partial charge in [-0.05, 0) is 43.2 Å². The minimum absolute atomic E-state index is 0.101. The average molecular weight is 397 g/mol. The molecule has 0 saturated carbocycles. The standard InChI is InChI=1S/C21H24FN5O2/c1-12-7-17(22)19(27-21(28)24-5-6-29-4)9-15(12)16-8-14-11-25-20(23-3)10-18(14)26-13(16)2/h7-11H,5-6H2,1-4H3,(H,23,25)(H2,24,27,28).